The summed E-state index contributed by atoms with van der Waals surface area (Å²) in [5.74, 6) is -0.102. The van der Waals surface area contributed by atoms with Crippen molar-refractivity contribution in [1.82, 2.24) is 9.21 Å². The van der Waals surface area contributed by atoms with Crippen LogP contribution in [0.2, 0.25) is 0 Å². The Morgan fingerprint density at radius 3 is 2.28 bits per heavy atom. The number of carbonyl (C=O) groups excluding carboxylic acids is 1. The number of rotatable bonds is 6. The van der Waals surface area contributed by atoms with Crippen LogP contribution in [-0.2, 0) is 19.6 Å². The van der Waals surface area contributed by atoms with Crippen LogP contribution in [0.5, 0.6) is 0 Å². The SMILES string of the molecule is Cc1ccc(N2CCN(CC[C@@H]3CC4(CCN(S(=O)(=O)C5CC5)CC4)C(=O)O3)CC2)cc1. The fourth-order valence-electron chi connectivity index (χ4n) is 5.46. The van der Waals surface area contributed by atoms with Crippen molar-refractivity contribution in [2.75, 3.05) is 50.7 Å². The molecule has 7 nitrogen and oxygen atoms in total. The van der Waals surface area contributed by atoms with Gasteiger partial charge < -0.3 is 9.64 Å². The Morgan fingerprint density at radius 2 is 1.66 bits per heavy atom. The Morgan fingerprint density at radius 1 is 1.00 bits per heavy atom. The van der Waals surface area contributed by atoms with Crippen LogP contribution in [0, 0.1) is 12.3 Å². The summed E-state index contributed by atoms with van der Waals surface area (Å²) in [6.45, 7) is 8.05. The van der Waals surface area contributed by atoms with E-state index in [0.717, 1.165) is 58.4 Å². The van der Waals surface area contributed by atoms with Gasteiger partial charge in [-0.05, 0) is 51.2 Å². The molecule has 1 atom stereocenters. The minimum atomic E-state index is -3.15. The first-order valence-electron chi connectivity index (χ1n) is 12.1. The predicted octanol–water partition coefficient (Wildman–Crippen LogP) is 2.40. The molecular weight excluding hydrogens is 426 g/mol. The summed E-state index contributed by atoms with van der Waals surface area (Å²) in [6, 6.07) is 8.73. The van der Waals surface area contributed by atoms with Gasteiger partial charge in [-0.2, -0.15) is 0 Å². The van der Waals surface area contributed by atoms with E-state index in [4.69, 9.17) is 4.74 Å². The zero-order valence-electron chi connectivity index (χ0n) is 19.0. The summed E-state index contributed by atoms with van der Waals surface area (Å²) in [6.07, 6.45) is 4.34. The molecule has 3 aliphatic heterocycles. The summed E-state index contributed by atoms with van der Waals surface area (Å²) in [7, 11) is -3.15. The van der Waals surface area contributed by atoms with Crippen molar-refractivity contribution in [2.24, 2.45) is 5.41 Å². The van der Waals surface area contributed by atoms with Crippen LogP contribution in [0.1, 0.15) is 44.1 Å². The third-order valence-corrected chi connectivity index (χ3v) is 10.2. The van der Waals surface area contributed by atoms with E-state index in [0.29, 0.717) is 25.9 Å². The van der Waals surface area contributed by atoms with Crippen LogP contribution in [0.15, 0.2) is 24.3 Å². The first kappa shape index (κ1) is 22.2. The number of sulfonamides is 1. The number of benzene rings is 1. The first-order valence-corrected chi connectivity index (χ1v) is 13.6. The van der Waals surface area contributed by atoms with Gasteiger partial charge in [0.2, 0.25) is 10.0 Å². The molecule has 0 amide bonds. The summed E-state index contributed by atoms with van der Waals surface area (Å²) >= 11 is 0. The Labute approximate surface area is 191 Å². The summed E-state index contributed by atoms with van der Waals surface area (Å²) in [4.78, 5) is 17.6. The van der Waals surface area contributed by atoms with Crippen LogP contribution in [0.4, 0.5) is 5.69 Å². The molecule has 0 aromatic heterocycles. The van der Waals surface area contributed by atoms with Gasteiger partial charge in [-0.1, -0.05) is 17.7 Å². The van der Waals surface area contributed by atoms with E-state index in [1.165, 1.54) is 11.3 Å². The molecule has 176 valence electrons. The third kappa shape index (κ3) is 4.41. The lowest BCUT2D eigenvalue weighted by atomic mass is 9.76. The molecule has 4 aliphatic rings. The minimum Gasteiger partial charge on any atom is -0.462 e. The van der Waals surface area contributed by atoms with Gasteiger partial charge in [-0.15, -0.1) is 0 Å². The molecule has 4 fully saturated rings. The zero-order chi connectivity index (χ0) is 22.3. The maximum absolute atomic E-state index is 12.7. The fraction of sp³-hybridized carbons (Fsp3) is 0.708. The van der Waals surface area contributed by atoms with Gasteiger partial charge >= 0.3 is 5.97 Å². The smallest absolute Gasteiger partial charge is 0.312 e. The minimum absolute atomic E-state index is 0.0378. The molecule has 1 aromatic carbocycles. The Balaban J connectivity index is 1.08. The topological polar surface area (TPSA) is 70.2 Å². The average Bonchev–Trinajstić information content (AvgIpc) is 3.61. The lowest BCUT2D eigenvalue weighted by Gasteiger charge is -2.36. The predicted molar refractivity (Wildman–Crippen MR) is 124 cm³/mol. The highest BCUT2D eigenvalue weighted by Gasteiger charge is 2.52. The van der Waals surface area contributed by atoms with E-state index in [9.17, 15) is 13.2 Å². The molecule has 1 aliphatic carbocycles. The number of piperazine rings is 1. The number of aryl methyl sites for hydroxylation is 1. The number of hydrogen-bond donors (Lipinski definition) is 0. The molecule has 3 heterocycles. The average molecular weight is 462 g/mol. The number of carbonyl (C=O) groups is 1. The fourth-order valence-corrected chi connectivity index (χ4v) is 7.31. The van der Waals surface area contributed by atoms with Crippen LogP contribution in [-0.4, -0.2) is 80.8 Å². The number of anilines is 1. The van der Waals surface area contributed by atoms with E-state index >= 15 is 0 Å². The van der Waals surface area contributed by atoms with E-state index < -0.39 is 15.4 Å². The van der Waals surface area contributed by atoms with Crippen molar-refractivity contribution in [3.05, 3.63) is 29.8 Å². The molecule has 1 saturated carbocycles. The van der Waals surface area contributed by atoms with Crippen LogP contribution < -0.4 is 4.90 Å². The molecule has 5 rings (SSSR count). The van der Waals surface area contributed by atoms with Gasteiger partial charge in [0.1, 0.15) is 6.10 Å². The first-order chi connectivity index (χ1) is 15.4. The number of hydrogen-bond acceptors (Lipinski definition) is 6. The van der Waals surface area contributed by atoms with Gasteiger partial charge in [0.05, 0.1) is 10.7 Å². The molecule has 1 spiro atoms. The lowest BCUT2D eigenvalue weighted by Crippen LogP contribution is -2.47. The maximum Gasteiger partial charge on any atom is 0.312 e. The molecular formula is C24H35N3O4S. The molecule has 0 radical (unpaired) electrons. The molecule has 8 heteroatoms. The number of cyclic esters (lactones) is 1. The third-order valence-electron chi connectivity index (χ3n) is 7.85. The lowest BCUT2D eigenvalue weighted by molar-refractivity contribution is -0.150. The van der Waals surface area contributed by atoms with Crippen molar-refractivity contribution in [2.45, 2.75) is 56.8 Å². The number of ether oxygens (including phenoxy) is 1. The summed E-state index contributed by atoms with van der Waals surface area (Å²) in [5, 5.41) is -0.175. The molecule has 0 unspecified atom stereocenters. The maximum atomic E-state index is 12.7. The van der Waals surface area contributed by atoms with Gasteiger partial charge in [-0.25, -0.2) is 12.7 Å². The highest BCUT2D eigenvalue weighted by Crippen LogP contribution is 2.45. The van der Waals surface area contributed by atoms with Gasteiger partial charge in [0, 0.05) is 57.9 Å². The van der Waals surface area contributed by atoms with Gasteiger partial charge in [0.25, 0.3) is 0 Å². The largest absolute Gasteiger partial charge is 0.462 e. The number of esters is 1. The van der Waals surface area contributed by atoms with Crippen LogP contribution in [0.3, 0.4) is 0 Å². The second-order valence-electron chi connectivity index (χ2n) is 10.1. The van der Waals surface area contributed by atoms with Crippen molar-refractivity contribution in [1.29, 1.82) is 0 Å². The highest BCUT2D eigenvalue weighted by atomic mass is 32.2. The van der Waals surface area contributed by atoms with Gasteiger partial charge in [-0.3, -0.25) is 9.69 Å². The Hall–Kier alpha value is -1.64. The van der Waals surface area contributed by atoms with Crippen molar-refractivity contribution in [3.8, 4) is 0 Å². The van der Waals surface area contributed by atoms with E-state index in [2.05, 4.69) is 41.0 Å². The van der Waals surface area contributed by atoms with E-state index in [1.807, 2.05) is 0 Å². The molecule has 0 N–H and O–H groups in total. The Kier molecular flexibility index (Phi) is 5.97. The number of nitrogens with zero attached hydrogens (tertiary/aromatic N) is 3. The normalized spacial score (nSPS) is 27.1. The molecule has 32 heavy (non-hydrogen) atoms. The molecule has 3 saturated heterocycles. The summed E-state index contributed by atoms with van der Waals surface area (Å²) < 4.78 is 32.4. The Bertz CT molecular complexity index is 928. The zero-order valence-corrected chi connectivity index (χ0v) is 19.9. The van der Waals surface area contributed by atoms with Crippen molar-refractivity contribution in [3.63, 3.8) is 0 Å². The summed E-state index contributed by atoms with van der Waals surface area (Å²) in [5.41, 5.74) is 2.10. The number of piperidine rings is 1. The van der Waals surface area contributed by atoms with Crippen molar-refractivity contribution < 1.29 is 17.9 Å². The van der Waals surface area contributed by atoms with E-state index in [1.54, 1.807) is 4.31 Å². The monoisotopic (exact) mass is 461 g/mol. The van der Waals surface area contributed by atoms with Gasteiger partial charge in [0.15, 0.2) is 0 Å². The van der Waals surface area contributed by atoms with E-state index in [-0.39, 0.29) is 17.3 Å². The van der Waals surface area contributed by atoms with Crippen LogP contribution >= 0.6 is 0 Å². The highest BCUT2D eigenvalue weighted by molar-refractivity contribution is 7.90. The van der Waals surface area contributed by atoms with Crippen LogP contribution in [0.25, 0.3) is 0 Å². The standard InChI is InChI=1S/C24H35N3O4S/c1-19-2-4-20(5-3-19)26-16-14-25(15-17-26)11-8-21-18-24(23(28)31-21)9-12-27(13-10-24)32(29,30)22-6-7-22/h2-5,21-22H,6-18H2,1H3/t21-/m1/s1. The second-order valence-corrected chi connectivity index (χ2v) is 12.3. The molecule has 1 aromatic rings. The second kappa shape index (κ2) is 8.61. The van der Waals surface area contributed by atoms with Crippen molar-refractivity contribution >= 4 is 21.7 Å². The quantitative estimate of drug-likeness (QED) is 0.606. The molecule has 0 bridgehead atoms.